The molecule has 0 radical (unpaired) electrons. The van der Waals surface area contributed by atoms with Crippen molar-refractivity contribution in [1.82, 2.24) is 24.5 Å². The molecule has 2 aromatic heterocycles. The summed E-state index contributed by atoms with van der Waals surface area (Å²) in [7, 11) is 1.71. The van der Waals surface area contributed by atoms with Crippen LogP contribution in [0.15, 0.2) is 43.0 Å². The van der Waals surface area contributed by atoms with Crippen molar-refractivity contribution in [3.05, 3.63) is 48.0 Å². The van der Waals surface area contributed by atoms with Crippen molar-refractivity contribution in [2.24, 2.45) is 0 Å². The number of hydrogen-bond acceptors (Lipinski definition) is 6. The second-order valence-corrected chi connectivity index (χ2v) is 4.40. The zero-order chi connectivity index (χ0) is 14.7. The van der Waals surface area contributed by atoms with Gasteiger partial charge in [-0.1, -0.05) is 23.7 Å². The Morgan fingerprint density at radius 1 is 1.19 bits per heavy atom. The van der Waals surface area contributed by atoms with Gasteiger partial charge in [-0.3, -0.25) is 4.57 Å². The quantitative estimate of drug-likeness (QED) is 0.798. The normalized spacial score (nSPS) is 10.4. The first-order valence-corrected chi connectivity index (χ1v) is 6.48. The maximum absolute atomic E-state index is 6.06. The summed E-state index contributed by atoms with van der Waals surface area (Å²) >= 11 is 6.06. The molecule has 0 saturated heterocycles. The molecule has 1 aromatic carbocycles. The van der Waals surface area contributed by atoms with E-state index in [4.69, 9.17) is 16.3 Å². The van der Waals surface area contributed by atoms with Gasteiger partial charge in [0.25, 0.3) is 0 Å². The lowest BCUT2D eigenvalue weighted by molar-refractivity contribution is 0.439. The summed E-state index contributed by atoms with van der Waals surface area (Å²) in [6.45, 7) is 0. The topological polar surface area (TPSA) is 77.8 Å². The number of hydrogen-bond donors (Lipinski definition) is 1. The summed E-state index contributed by atoms with van der Waals surface area (Å²) in [5.74, 6) is 1.26. The third-order valence-electron chi connectivity index (χ3n) is 2.60. The fourth-order valence-electron chi connectivity index (χ4n) is 1.62. The van der Waals surface area contributed by atoms with Crippen LogP contribution in [0.25, 0.3) is 5.95 Å². The van der Waals surface area contributed by atoms with Gasteiger partial charge in [0.1, 0.15) is 12.1 Å². The molecule has 0 amide bonds. The van der Waals surface area contributed by atoms with Crippen LogP contribution in [0.4, 0.5) is 5.95 Å². The summed E-state index contributed by atoms with van der Waals surface area (Å²) in [4.78, 5) is 16.6. The van der Waals surface area contributed by atoms with Crippen LogP contribution in [-0.2, 0) is 0 Å². The molecule has 106 valence electrons. The number of halogens is 1. The Bertz CT molecular complexity index is 746. The number of nitrogens with one attached hydrogen (secondary N) is 1. The van der Waals surface area contributed by atoms with Gasteiger partial charge in [0, 0.05) is 19.4 Å². The van der Waals surface area contributed by atoms with Gasteiger partial charge in [0.15, 0.2) is 0 Å². The fraction of sp³-hybridized carbons (Fsp3) is 0.0769. The summed E-state index contributed by atoms with van der Waals surface area (Å²) in [5, 5.41) is 3.34. The second-order valence-electron chi connectivity index (χ2n) is 3.99. The lowest BCUT2D eigenvalue weighted by Crippen LogP contribution is -2.06. The molecule has 21 heavy (non-hydrogen) atoms. The van der Waals surface area contributed by atoms with Crippen molar-refractivity contribution in [3.8, 4) is 17.7 Å². The van der Waals surface area contributed by atoms with E-state index < -0.39 is 0 Å². The maximum atomic E-state index is 6.06. The lowest BCUT2D eigenvalue weighted by atomic mass is 10.3. The molecule has 0 aliphatic heterocycles. The van der Waals surface area contributed by atoms with Crippen molar-refractivity contribution in [3.63, 3.8) is 0 Å². The number of benzene rings is 1. The maximum Gasteiger partial charge on any atom is 0.328 e. The van der Waals surface area contributed by atoms with E-state index in [1.807, 2.05) is 12.1 Å². The molecule has 0 fully saturated rings. The minimum atomic E-state index is 0.145. The van der Waals surface area contributed by atoms with Gasteiger partial charge in [0.05, 0.1) is 5.02 Å². The van der Waals surface area contributed by atoms with Crippen LogP contribution in [0.3, 0.4) is 0 Å². The molecule has 7 nitrogen and oxygen atoms in total. The van der Waals surface area contributed by atoms with E-state index in [-0.39, 0.29) is 6.01 Å². The van der Waals surface area contributed by atoms with Crippen molar-refractivity contribution >= 4 is 17.5 Å². The van der Waals surface area contributed by atoms with Gasteiger partial charge in [-0.2, -0.15) is 15.0 Å². The summed E-state index contributed by atoms with van der Waals surface area (Å²) in [6.07, 6.45) is 4.96. The average molecular weight is 303 g/mol. The number of para-hydroxylation sites is 1. The van der Waals surface area contributed by atoms with Gasteiger partial charge in [0.2, 0.25) is 11.9 Å². The standard InChI is InChI=1S/C13H11ClN6O/c1-15-11-17-12(20-7-6-16-8-20)19-13(18-11)21-10-5-3-2-4-9(10)14/h2-8H,1H3,(H,15,17,18,19). The van der Waals surface area contributed by atoms with Gasteiger partial charge < -0.3 is 10.1 Å². The highest BCUT2D eigenvalue weighted by atomic mass is 35.5. The Hall–Kier alpha value is -2.67. The molecule has 0 atom stereocenters. The average Bonchev–Trinajstić information content (AvgIpc) is 3.04. The monoisotopic (exact) mass is 302 g/mol. The van der Waals surface area contributed by atoms with E-state index in [1.165, 1.54) is 0 Å². The predicted molar refractivity (Wildman–Crippen MR) is 78.0 cm³/mol. The molecule has 0 bridgehead atoms. The zero-order valence-corrected chi connectivity index (χ0v) is 11.8. The Balaban J connectivity index is 1.99. The highest BCUT2D eigenvalue weighted by molar-refractivity contribution is 6.32. The van der Waals surface area contributed by atoms with E-state index in [0.717, 1.165) is 0 Å². The fourth-order valence-corrected chi connectivity index (χ4v) is 1.80. The Labute approximate surface area is 125 Å². The number of rotatable bonds is 4. The highest BCUT2D eigenvalue weighted by Gasteiger charge is 2.10. The molecule has 3 aromatic rings. The van der Waals surface area contributed by atoms with Crippen LogP contribution in [0.5, 0.6) is 11.8 Å². The van der Waals surface area contributed by atoms with E-state index in [9.17, 15) is 0 Å². The minimum absolute atomic E-state index is 0.145. The van der Waals surface area contributed by atoms with Gasteiger partial charge in [-0.15, -0.1) is 0 Å². The van der Waals surface area contributed by atoms with Crippen LogP contribution < -0.4 is 10.1 Å². The number of ether oxygens (including phenoxy) is 1. The zero-order valence-electron chi connectivity index (χ0n) is 11.1. The molecule has 3 rings (SSSR count). The molecule has 0 unspecified atom stereocenters. The summed E-state index contributed by atoms with van der Waals surface area (Å²) in [6, 6.07) is 7.25. The molecule has 0 spiro atoms. The largest absolute Gasteiger partial charge is 0.423 e. The van der Waals surface area contributed by atoms with Crippen molar-refractivity contribution in [2.75, 3.05) is 12.4 Å². The molecular formula is C13H11ClN6O. The summed E-state index contributed by atoms with van der Waals surface area (Å²) in [5.41, 5.74) is 0. The Morgan fingerprint density at radius 2 is 2.05 bits per heavy atom. The Kier molecular flexibility index (Phi) is 3.65. The molecular weight excluding hydrogens is 292 g/mol. The molecule has 0 aliphatic rings. The van der Waals surface area contributed by atoms with Crippen molar-refractivity contribution < 1.29 is 4.74 Å². The van der Waals surface area contributed by atoms with Gasteiger partial charge >= 0.3 is 6.01 Å². The van der Waals surface area contributed by atoms with Crippen LogP contribution >= 0.6 is 11.6 Å². The molecule has 2 heterocycles. The van der Waals surface area contributed by atoms with Crippen LogP contribution in [0.2, 0.25) is 5.02 Å². The minimum Gasteiger partial charge on any atom is -0.423 e. The Morgan fingerprint density at radius 3 is 2.76 bits per heavy atom. The highest BCUT2D eigenvalue weighted by Crippen LogP contribution is 2.27. The van der Waals surface area contributed by atoms with E-state index in [2.05, 4.69) is 25.3 Å². The van der Waals surface area contributed by atoms with Crippen molar-refractivity contribution in [2.45, 2.75) is 0 Å². The third kappa shape index (κ3) is 2.92. The first-order valence-electron chi connectivity index (χ1n) is 6.11. The third-order valence-corrected chi connectivity index (χ3v) is 2.91. The van der Waals surface area contributed by atoms with Gasteiger partial charge in [-0.05, 0) is 12.1 Å². The summed E-state index contributed by atoms with van der Waals surface area (Å²) < 4.78 is 7.28. The SMILES string of the molecule is CNc1nc(Oc2ccccc2Cl)nc(-n2ccnc2)n1. The molecule has 8 heteroatoms. The second kappa shape index (κ2) is 5.76. The van der Waals surface area contributed by atoms with Crippen LogP contribution in [0.1, 0.15) is 0 Å². The molecule has 0 aliphatic carbocycles. The van der Waals surface area contributed by atoms with E-state index in [1.54, 1.807) is 42.5 Å². The molecule has 0 saturated carbocycles. The first-order chi connectivity index (χ1) is 10.3. The van der Waals surface area contributed by atoms with E-state index in [0.29, 0.717) is 22.7 Å². The first kappa shape index (κ1) is 13.3. The number of imidazole rings is 1. The van der Waals surface area contributed by atoms with Crippen LogP contribution in [-0.4, -0.2) is 31.6 Å². The number of anilines is 1. The molecule has 1 N–H and O–H groups in total. The number of nitrogens with zero attached hydrogens (tertiary/aromatic N) is 5. The van der Waals surface area contributed by atoms with Gasteiger partial charge in [-0.25, -0.2) is 4.98 Å². The van der Waals surface area contributed by atoms with Crippen LogP contribution in [0, 0.1) is 0 Å². The number of aromatic nitrogens is 5. The smallest absolute Gasteiger partial charge is 0.328 e. The predicted octanol–water partition coefficient (Wildman–Crippen LogP) is 2.54. The van der Waals surface area contributed by atoms with E-state index >= 15 is 0 Å². The lowest BCUT2D eigenvalue weighted by Gasteiger charge is -2.08. The van der Waals surface area contributed by atoms with Crippen molar-refractivity contribution in [1.29, 1.82) is 0 Å².